The van der Waals surface area contributed by atoms with Crippen LogP contribution in [0.5, 0.6) is 0 Å². The lowest BCUT2D eigenvalue weighted by atomic mass is 9.68. The summed E-state index contributed by atoms with van der Waals surface area (Å²) in [4.78, 5) is 33.3. The Morgan fingerprint density at radius 3 is 2.32 bits per heavy atom. The van der Waals surface area contributed by atoms with E-state index < -0.39 is 23.3 Å². The van der Waals surface area contributed by atoms with Crippen LogP contribution in [0.25, 0.3) is 21.8 Å². The van der Waals surface area contributed by atoms with Gasteiger partial charge in [-0.3, -0.25) is 14.6 Å². The maximum Gasteiger partial charge on any atom is 0.321 e. The summed E-state index contributed by atoms with van der Waals surface area (Å²) in [6, 6.07) is 14.1. The van der Waals surface area contributed by atoms with Gasteiger partial charge >= 0.3 is 11.9 Å². The van der Waals surface area contributed by atoms with E-state index in [4.69, 9.17) is 5.73 Å². The predicted molar refractivity (Wildman–Crippen MR) is 146 cm³/mol. The number of carbonyl (C=O) groups is 2. The second-order valence-corrected chi connectivity index (χ2v) is 9.84. The number of fused-ring (bicyclic) bond motifs is 3. The zero-order valence-corrected chi connectivity index (χ0v) is 21.7. The number of pyridine rings is 2. The number of aromatic nitrogens is 2. The Morgan fingerprint density at radius 2 is 1.70 bits per heavy atom. The molecule has 37 heavy (non-hydrogen) atoms. The lowest BCUT2D eigenvalue weighted by molar-refractivity contribution is -0.167. The van der Waals surface area contributed by atoms with Gasteiger partial charge in [0.05, 0.1) is 5.52 Å². The van der Waals surface area contributed by atoms with Crippen LogP contribution in [0, 0.1) is 19.3 Å². The van der Waals surface area contributed by atoms with Crippen molar-refractivity contribution in [3.05, 3.63) is 76.5 Å². The Kier molecular flexibility index (Phi) is 7.16. The molecular formula is C30H33N3O4. The standard InChI is InChI=1S/C30H33N3O4/c1-5-24(30(6-2,28(34)35)29(36)37)21-11-10-20(18(4)14-21)9-8-19-15-23-22-12-7-17(3)13-25(22)33-27(31)26(23)32-16-19/h7,10-16,24H,5-6,8-9H2,1-4H3,(H2,31,33)(H,34,35)(H,36,37). The molecule has 2 aromatic heterocycles. The quantitative estimate of drug-likeness (QED) is 0.195. The largest absolute Gasteiger partial charge is 0.480 e. The van der Waals surface area contributed by atoms with Gasteiger partial charge in [-0.05, 0) is 79.5 Å². The molecule has 7 nitrogen and oxygen atoms in total. The molecule has 1 unspecified atom stereocenters. The number of aryl methyl sites for hydroxylation is 4. The topological polar surface area (TPSA) is 126 Å². The van der Waals surface area contributed by atoms with Gasteiger partial charge in [-0.15, -0.1) is 0 Å². The van der Waals surface area contributed by atoms with Crippen LogP contribution in [0.3, 0.4) is 0 Å². The summed E-state index contributed by atoms with van der Waals surface area (Å²) < 4.78 is 0. The summed E-state index contributed by atoms with van der Waals surface area (Å²) in [6.07, 6.45) is 3.80. The number of aliphatic carboxylic acids is 2. The van der Waals surface area contributed by atoms with Gasteiger partial charge < -0.3 is 15.9 Å². The normalized spacial score (nSPS) is 12.6. The van der Waals surface area contributed by atoms with E-state index in [1.165, 1.54) is 0 Å². The Bertz CT molecular complexity index is 1500. The van der Waals surface area contributed by atoms with Crippen molar-refractivity contribution >= 4 is 39.6 Å². The van der Waals surface area contributed by atoms with E-state index in [9.17, 15) is 19.8 Å². The average Bonchev–Trinajstić information content (AvgIpc) is 2.85. The number of hydrogen-bond acceptors (Lipinski definition) is 5. The van der Waals surface area contributed by atoms with Gasteiger partial charge in [0.25, 0.3) is 0 Å². The minimum Gasteiger partial charge on any atom is -0.480 e. The molecule has 0 amide bonds. The zero-order valence-electron chi connectivity index (χ0n) is 21.7. The van der Waals surface area contributed by atoms with E-state index in [1.807, 2.05) is 51.2 Å². The fourth-order valence-electron chi connectivity index (χ4n) is 5.50. The van der Waals surface area contributed by atoms with Crippen LogP contribution in [-0.4, -0.2) is 32.1 Å². The zero-order chi connectivity index (χ0) is 26.9. The SMILES string of the molecule is CCC(c1ccc(CCc2cnc3c(N)nc4cc(C)ccc4c3c2)c(C)c1)C(CC)(C(=O)O)C(=O)O. The molecule has 0 saturated heterocycles. The van der Waals surface area contributed by atoms with E-state index in [0.717, 1.165) is 56.9 Å². The minimum absolute atomic E-state index is 0.0141. The molecule has 192 valence electrons. The van der Waals surface area contributed by atoms with Gasteiger partial charge in [0, 0.05) is 22.9 Å². The van der Waals surface area contributed by atoms with Crippen molar-refractivity contribution < 1.29 is 19.8 Å². The predicted octanol–water partition coefficient (Wildman–Crippen LogP) is 5.83. The molecule has 0 spiro atoms. The second kappa shape index (κ2) is 10.2. The minimum atomic E-state index is -1.85. The van der Waals surface area contributed by atoms with Gasteiger partial charge in [0.1, 0.15) is 5.52 Å². The average molecular weight is 500 g/mol. The van der Waals surface area contributed by atoms with Gasteiger partial charge in [-0.1, -0.05) is 44.2 Å². The molecule has 0 saturated carbocycles. The third kappa shape index (κ3) is 4.61. The Morgan fingerprint density at radius 1 is 0.973 bits per heavy atom. The molecule has 4 aromatic rings. The number of benzene rings is 2. The first kappa shape index (κ1) is 26.1. The number of nitrogens with two attached hydrogens (primary N) is 1. The van der Waals surface area contributed by atoms with Crippen LogP contribution >= 0.6 is 0 Å². The maximum absolute atomic E-state index is 12.1. The molecule has 0 fully saturated rings. The van der Waals surface area contributed by atoms with Crippen LogP contribution in [0.2, 0.25) is 0 Å². The van der Waals surface area contributed by atoms with E-state index in [1.54, 1.807) is 6.92 Å². The van der Waals surface area contributed by atoms with E-state index in [-0.39, 0.29) is 6.42 Å². The van der Waals surface area contributed by atoms with Crippen LogP contribution in [0.4, 0.5) is 5.82 Å². The summed E-state index contributed by atoms with van der Waals surface area (Å²) in [5.74, 6) is -2.79. The molecule has 0 radical (unpaired) electrons. The number of hydrogen-bond donors (Lipinski definition) is 3. The monoisotopic (exact) mass is 499 g/mol. The fraction of sp³-hybridized carbons (Fsp3) is 0.333. The number of rotatable bonds is 9. The number of nitrogens with zero attached hydrogens (tertiary/aromatic N) is 2. The molecule has 4 N–H and O–H groups in total. The molecule has 0 aliphatic rings. The number of anilines is 1. The van der Waals surface area contributed by atoms with Crippen molar-refractivity contribution in [2.24, 2.45) is 5.41 Å². The molecule has 0 bridgehead atoms. The highest BCUT2D eigenvalue weighted by Gasteiger charge is 2.51. The summed E-state index contributed by atoms with van der Waals surface area (Å²) in [7, 11) is 0. The van der Waals surface area contributed by atoms with Crippen molar-refractivity contribution in [3.8, 4) is 0 Å². The van der Waals surface area contributed by atoms with Crippen LogP contribution in [-0.2, 0) is 22.4 Å². The van der Waals surface area contributed by atoms with Crippen LogP contribution < -0.4 is 5.73 Å². The van der Waals surface area contributed by atoms with Gasteiger partial charge in [0.2, 0.25) is 0 Å². The molecule has 0 aliphatic carbocycles. The molecule has 7 heteroatoms. The first-order valence-electron chi connectivity index (χ1n) is 12.6. The van der Waals surface area contributed by atoms with Gasteiger partial charge in [-0.25, -0.2) is 4.98 Å². The first-order chi connectivity index (χ1) is 17.6. The van der Waals surface area contributed by atoms with Crippen LogP contribution in [0.1, 0.15) is 60.4 Å². The van der Waals surface area contributed by atoms with Crippen molar-refractivity contribution in [2.45, 2.75) is 59.3 Å². The number of nitrogen functional groups attached to an aromatic ring is 1. The van der Waals surface area contributed by atoms with Crippen molar-refractivity contribution in [1.29, 1.82) is 0 Å². The Balaban J connectivity index is 1.62. The Hall–Kier alpha value is -4.00. The van der Waals surface area contributed by atoms with Gasteiger partial charge in [-0.2, -0.15) is 0 Å². The molecule has 1 atom stereocenters. The van der Waals surface area contributed by atoms with Crippen molar-refractivity contribution in [2.75, 3.05) is 5.73 Å². The summed E-state index contributed by atoms with van der Waals surface area (Å²) in [6.45, 7) is 7.47. The highest BCUT2D eigenvalue weighted by molar-refractivity contribution is 6.08. The third-order valence-electron chi connectivity index (χ3n) is 7.65. The lowest BCUT2D eigenvalue weighted by Gasteiger charge is -2.32. The van der Waals surface area contributed by atoms with E-state index >= 15 is 0 Å². The molecular weight excluding hydrogens is 466 g/mol. The van der Waals surface area contributed by atoms with Crippen LogP contribution in [0.15, 0.2) is 48.7 Å². The highest BCUT2D eigenvalue weighted by Crippen LogP contribution is 2.42. The lowest BCUT2D eigenvalue weighted by Crippen LogP contribution is -2.44. The Labute approximate surface area is 216 Å². The first-order valence-corrected chi connectivity index (χ1v) is 12.6. The smallest absolute Gasteiger partial charge is 0.321 e. The van der Waals surface area contributed by atoms with E-state index in [2.05, 4.69) is 28.2 Å². The molecule has 2 aromatic carbocycles. The van der Waals surface area contributed by atoms with Crippen molar-refractivity contribution in [1.82, 2.24) is 9.97 Å². The number of carboxylic acids is 2. The van der Waals surface area contributed by atoms with Gasteiger partial charge in [0.15, 0.2) is 11.2 Å². The number of carboxylic acid groups (broad SMARTS) is 2. The summed E-state index contributed by atoms with van der Waals surface area (Å²) >= 11 is 0. The molecule has 2 heterocycles. The maximum atomic E-state index is 12.1. The third-order valence-corrected chi connectivity index (χ3v) is 7.65. The fourth-order valence-corrected chi connectivity index (χ4v) is 5.50. The molecule has 4 rings (SSSR count). The molecule has 0 aliphatic heterocycles. The van der Waals surface area contributed by atoms with E-state index in [0.29, 0.717) is 17.8 Å². The van der Waals surface area contributed by atoms with Crippen molar-refractivity contribution in [3.63, 3.8) is 0 Å². The summed E-state index contributed by atoms with van der Waals surface area (Å²) in [5.41, 5.74) is 11.0. The second-order valence-electron chi connectivity index (χ2n) is 9.84. The highest BCUT2D eigenvalue weighted by atomic mass is 16.4. The summed E-state index contributed by atoms with van der Waals surface area (Å²) in [5, 5.41) is 21.7.